The number of carbonyl (C=O) groups is 1. The lowest BCUT2D eigenvalue weighted by Gasteiger charge is -2.21. The molecule has 2 aromatic carbocycles. The minimum Gasteiger partial charge on any atom is -0.497 e. The number of methoxy groups -OCH3 is 1. The minimum absolute atomic E-state index is 0.0649. The number of allylic oxidation sites excluding steroid dienone is 1. The molecule has 0 radical (unpaired) electrons. The maximum atomic E-state index is 13.2. The molecule has 0 bridgehead atoms. The molecular formula is C22H22N4O6S2. The van der Waals surface area contributed by atoms with E-state index in [0.717, 1.165) is 11.3 Å². The second kappa shape index (κ2) is 9.49. The molecule has 34 heavy (non-hydrogen) atoms. The van der Waals surface area contributed by atoms with Crippen LogP contribution in [0, 0.1) is 10.1 Å². The van der Waals surface area contributed by atoms with Gasteiger partial charge in [0.05, 0.1) is 27.1 Å². The summed E-state index contributed by atoms with van der Waals surface area (Å²) < 4.78 is 35.0. The second-order valence-electron chi connectivity index (χ2n) is 7.59. The summed E-state index contributed by atoms with van der Waals surface area (Å²) in [7, 11) is -2.42. The molecule has 1 atom stereocenters. The molecule has 0 spiro atoms. The highest BCUT2D eigenvalue weighted by atomic mass is 32.2. The molecule has 1 fully saturated rings. The van der Waals surface area contributed by atoms with Crippen LogP contribution in [0.25, 0.3) is 10.2 Å². The Labute approximate surface area is 199 Å². The van der Waals surface area contributed by atoms with E-state index in [1.807, 2.05) is 0 Å². The van der Waals surface area contributed by atoms with Gasteiger partial charge in [-0.25, -0.2) is 8.42 Å². The Morgan fingerprint density at radius 2 is 2.06 bits per heavy atom. The van der Waals surface area contributed by atoms with Crippen molar-refractivity contribution in [1.82, 2.24) is 8.87 Å². The Hall–Kier alpha value is -3.35. The molecule has 0 aliphatic carbocycles. The number of nitro groups is 1. The van der Waals surface area contributed by atoms with Crippen LogP contribution in [0.4, 0.5) is 5.69 Å². The maximum absolute atomic E-state index is 13.2. The fraction of sp³-hybridized carbons (Fsp3) is 0.273. The van der Waals surface area contributed by atoms with Crippen LogP contribution in [-0.2, 0) is 21.4 Å². The van der Waals surface area contributed by atoms with Crippen LogP contribution in [0.3, 0.4) is 0 Å². The Balaban J connectivity index is 1.71. The lowest BCUT2D eigenvalue weighted by molar-refractivity contribution is -0.384. The number of benzene rings is 2. The Morgan fingerprint density at radius 1 is 1.32 bits per heavy atom. The third-order valence-corrected chi connectivity index (χ3v) is 8.51. The van der Waals surface area contributed by atoms with Crippen LogP contribution in [0.1, 0.15) is 12.8 Å². The van der Waals surface area contributed by atoms with Gasteiger partial charge in [-0.15, -0.1) is 6.58 Å². The highest BCUT2D eigenvalue weighted by Crippen LogP contribution is 2.28. The Kier molecular flexibility index (Phi) is 6.64. The van der Waals surface area contributed by atoms with Gasteiger partial charge < -0.3 is 9.30 Å². The number of nitrogens with zero attached hydrogens (tertiary/aromatic N) is 4. The summed E-state index contributed by atoms with van der Waals surface area (Å²) >= 11 is 1.13. The number of ether oxygens (including phenoxy) is 1. The van der Waals surface area contributed by atoms with E-state index in [0.29, 0.717) is 40.2 Å². The molecule has 4 rings (SSSR count). The largest absolute Gasteiger partial charge is 0.497 e. The number of carbonyl (C=O) groups excluding carboxylic acids is 1. The van der Waals surface area contributed by atoms with Gasteiger partial charge in [0.25, 0.3) is 11.6 Å². The van der Waals surface area contributed by atoms with Crippen LogP contribution >= 0.6 is 11.3 Å². The zero-order chi connectivity index (χ0) is 24.5. The first-order chi connectivity index (χ1) is 16.3. The van der Waals surface area contributed by atoms with Gasteiger partial charge in [-0.2, -0.15) is 9.30 Å². The highest BCUT2D eigenvalue weighted by Gasteiger charge is 2.39. The Morgan fingerprint density at radius 3 is 2.71 bits per heavy atom. The summed E-state index contributed by atoms with van der Waals surface area (Å²) in [5, 5.41) is 11.1. The van der Waals surface area contributed by atoms with Crippen molar-refractivity contribution in [3.8, 4) is 5.75 Å². The number of aromatic nitrogens is 1. The van der Waals surface area contributed by atoms with Crippen molar-refractivity contribution in [3.05, 3.63) is 70.0 Å². The first kappa shape index (κ1) is 23.8. The number of hydrogen-bond donors (Lipinski definition) is 0. The minimum atomic E-state index is -3.91. The van der Waals surface area contributed by atoms with E-state index in [1.54, 1.807) is 28.8 Å². The summed E-state index contributed by atoms with van der Waals surface area (Å²) in [6.07, 6.45) is 2.52. The monoisotopic (exact) mass is 502 g/mol. The number of thiazole rings is 1. The molecule has 10 nitrogen and oxygen atoms in total. The van der Waals surface area contributed by atoms with Gasteiger partial charge in [0.1, 0.15) is 11.8 Å². The second-order valence-corrected chi connectivity index (χ2v) is 10.5. The molecule has 1 unspecified atom stereocenters. The number of fused-ring (bicyclic) bond motifs is 1. The molecule has 0 N–H and O–H groups in total. The van der Waals surface area contributed by atoms with E-state index in [2.05, 4.69) is 11.6 Å². The van der Waals surface area contributed by atoms with E-state index in [-0.39, 0.29) is 17.1 Å². The molecule has 1 saturated heterocycles. The predicted octanol–water partition coefficient (Wildman–Crippen LogP) is 3.09. The van der Waals surface area contributed by atoms with Crippen molar-refractivity contribution in [1.29, 1.82) is 0 Å². The maximum Gasteiger partial charge on any atom is 0.270 e. The van der Waals surface area contributed by atoms with E-state index in [9.17, 15) is 23.3 Å². The average molecular weight is 503 g/mol. The Bertz CT molecular complexity index is 1440. The number of hydrogen-bond acceptors (Lipinski definition) is 7. The molecule has 1 aliphatic heterocycles. The van der Waals surface area contributed by atoms with Gasteiger partial charge in [0, 0.05) is 25.2 Å². The summed E-state index contributed by atoms with van der Waals surface area (Å²) in [4.78, 5) is 28.5. The van der Waals surface area contributed by atoms with Gasteiger partial charge in [-0.05, 0) is 43.2 Å². The van der Waals surface area contributed by atoms with Gasteiger partial charge in [0.15, 0.2) is 4.80 Å². The zero-order valence-electron chi connectivity index (χ0n) is 18.3. The van der Waals surface area contributed by atoms with E-state index < -0.39 is 26.9 Å². The van der Waals surface area contributed by atoms with Crippen LogP contribution in [-0.4, -0.2) is 47.8 Å². The SMILES string of the molecule is C=CCn1c(=NC(=O)C2CCCN2S(=O)(=O)c2ccc(OC)cc2)sc2cc([N+](=O)[O-])ccc21. The lowest BCUT2D eigenvalue weighted by Crippen LogP contribution is -2.40. The number of sulfonamides is 1. The van der Waals surface area contributed by atoms with Gasteiger partial charge in [-0.3, -0.25) is 14.9 Å². The molecule has 0 saturated carbocycles. The molecule has 2 heterocycles. The molecule has 178 valence electrons. The molecule has 1 aromatic heterocycles. The van der Waals surface area contributed by atoms with Crippen molar-refractivity contribution in [3.63, 3.8) is 0 Å². The normalized spacial score (nSPS) is 17.2. The van der Waals surface area contributed by atoms with Crippen LogP contribution < -0.4 is 9.54 Å². The van der Waals surface area contributed by atoms with E-state index >= 15 is 0 Å². The summed E-state index contributed by atoms with van der Waals surface area (Å²) in [5.74, 6) is -0.0479. The van der Waals surface area contributed by atoms with Crippen molar-refractivity contribution in [2.75, 3.05) is 13.7 Å². The third-order valence-electron chi connectivity index (χ3n) is 5.55. The van der Waals surface area contributed by atoms with E-state index in [4.69, 9.17) is 4.74 Å². The lowest BCUT2D eigenvalue weighted by atomic mass is 10.2. The van der Waals surface area contributed by atoms with Crippen LogP contribution in [0.2, 0.25) is 0 Å². The summed E-state index contributed by atoms with van der Waals surface area (Å²) in [6.45, 7) is 4.28. The topological polar surface area (TPSA) is 124 Å². The molecule has 1 amide bonds. The fourth-order valence-electron chi connectivity index (χ4n) is 3.89. The van der Waals surface area contributed by atoms with Gasteiger partial charge in [0.2, 0.25) is 10.0 Å². The van der Waals surface area contributed by atoms with Gasteiger partial charge in [-0.1, -0.05) is 17.4 Å². The van der Waals surface area contributed by atoms with E-state index in [1.165, 1.54) is 35.7 Å². The van der Waals surface area contributed by atoms with Crippen molar-refractivity contribution >= 4 is 43.2 Å². The fourth-order valence-corrected chi connectivity index (χ4v) is 6.62. The van der Waals surface area contributed by atoms with Crippen LogP contribution in [0.15, 0.2) is 65.0 Å². The summed E-state index contributed by atoms with van der Waals surface area (Å²) in [6, 6.07) is 9.50. The number of non-ortho nitro benzene ring substituents is 1. The standard InChI is InChI=1S/C22H22N4O6S2/c1-3-12-24-18-11-6-15(26(28)29)14-20(18)33-22(24)23-21(27)19-5-4-13-25(19)34(30,31)17-9-7-16(32-2)8-10-17/h3,6-11,14,19H,1,4-5,12-13H2,2H3. The van der Waals surface area contributed by atoms with Crippen molar-refractivity contribution in [2.45, 2.75) is 30.3 Å². The number of amides is 1. The quantitative estimate of drug-likeness (QED) is 0.278. The molecule has 12 heteroatoms. The van der Waals surface area contributed by atoms with Crippen LogP contribution in [0.5, 0.6) is 5.75 Å². The molecular weight excluding hydrogens is 480 g/mol. The number of nitro benzene ring substituents is 1. The average Bonchev–Trinajstić information content (AvgIpc) is 3.45. The van der Waals surface area contributed by atoms with Crippen molar-refractivity contribution < 1.29 is 22.9 Å². The summed E-state index contributed by atoms with van der Waals surface area (Å²) in [5.41, 5.74) is 0.612. The smallest absolute Gasteiger partial charge is 0.270 e. The van der Waals surface area contributed by atoms with Crippen molar-refractivity contribution in [2.24, 2.45) is 4.99 Å². The highest BCUT2D eigenvalue weighted by molar-refractivity contribution is 7.89. The molecule has 1 aliphatic rings. The first-order valence-electron chi connectivity index (χ1n) is 10.4. The third kappa shape index (κ3) is 4.39. The molecule has 3 aromatic rings. The van der Waals surface area contributed by atoms with Gasteiger partial charge >= 0.3 is 0 Å². The number of rotatable bonds is 7. The predicted molar refractivity (Wildman–Crippen MR) is 127 cm³/mol. The first-order valence-corrected chi connectivity index (χ1v) is 12.6. The zero-order valence-corrected chi connectivity index (χ0v) is 19.9.